The van der Waals surface area contributed by atoms with Gasteiger partial charge in [0.25, 0.3) is 0 Å². The fourth-order valence-corrected chi connectivity index (χ4v) is 7.94. The predicted octanol–water partition coefficient (Wildman–Crippen LogP) is 6.09. The van der Waals surface area contributed by atoms with E-state index in [4.69, 9.17) is 4.74 Å². The maximum Gasteiger partial charge on any atom is 0.309 e. The average Bonchev–Trinajstić information content (AvgIpc) is 3.62. The number of H-pyrrole nitrogens is 1. The van der Waals surface area contributed by atoms with Crippen LogP contribution in [0.1, 0.15) is 47.7 Å². The Labute approximate surface area is 217 Å². The molecule has 4 rings (SSSR count). The van der Waals surface area contributed by atoms with Gasteiger partial charge in [0.2, 0.25) is 9.84 Å². The Kier molecular flexibility index (Phi) is 8.11. The van der Waals surface area contributed by atoms with Crippen molar-refractivity contribution in [2.45, 2.75) is 48.0 Å². The Bertz CT molecular complexity index is 1380. The first kappa shape index (κ1) is 25.9. The summed E-state index contributed by atoms with van der Waals surface area (Å²) >= 11 is 1.21. The van der Waals surface area contributed by atoms with Crippen LogP contribution in [0, 0.1) is 0 Å². The van der Waals surface area contributed by atoms with Crippen LogP contribution >= 0.6 is 11.3 Å². The van der Waals surface area contributed by atoms with E-state index >= 15 is 0 Å². The molecular formula is C29H31NO4S2. The van der Waals surface area contributed by atoms with E-state index in [9.17, 15) is 13.2 Å². The number of hydrogen-bond donors (Lipinski definition) is 1. The van der Waals surface area contributed by atoms with Crippen molar-refractivity contribution in [3.05, 3.63) is 112 Å². The first-order valence-corrected chi connectivity index (χ1v) is 14.4. The highest BCUT2D eigenvalue weighted by molar-refractivity contribution is 7.94. The summed E-state index contributed by atoms with van der Waals surface area (Å²) in [6, 6.07) is 22.6. The zero-order valence-corrected chi connectivity index (χ0v) is 22.2. The smallest absolute Gasteiger partial charge is 0.309 e. The summed E-state index contributed by atoms with van der Waals surface area (Å²) in [4.78, 5) is 15.2. The highest BCUT2D eigenvalue weighted by atomic mass is 32.2. The van der Waals surface area contributed by atoms with Crippen LogP contribution in [0.25, 0.3) is 0 Å². The fraction of sp³-hybridized carbons (Fsp3) is 0.276. The molecular weight excluding hydrogens is 490 g/mol. The van der Waals surface area contributed by atoms with Crippen molar-refractivity contribution in [2.24, 2.45) is 0 Å². The molecule has 0 fully saturated rings. The normalized spacial score (nSPS) is 13.3. The summed E-state index contributed by atoms with van der Waals surface area (Å²) in [6.45, 7) is 2.17. The molecule has 0 saturated carbocycles. The van der Waals surface area contributed by atoms with Crippen molar-refractivity contribution >= 4 is 27.1 Å². The van der Waals surface area contributed by atoms with E-state index < -0.39 is 14.6 Å². The minimum atomic E-state index is -3.90. The first-order valence-electron chi connectivity index (χ1n) is 12.1. The third-order valence-corrected chi connectivity index (χ3v) is 10.3. The van der Waals surface area contributed by atoms with Crippen molar-refractivity contribution in [2.75, 3.05) is 7.11 Å². The van der Waals surface area contributed by atoms with E-state index in [0.29, 0.717) is 21.0 Å². The molecule has 5 nitrogen and oxygen atoms in total. The van der Waals surface area contributed by atoms with Gasteiger partial charge in [-0.3, -0.25) is 4.79 Å². The number of sulfone groups is 1. The van der Waals surface area contributed by atoms with Crippen LogP contribution < -0.4 is 0 Å². The van der Waals surface area contributed by atoms with E-state index in [-0.39, 0.29) is 18.8 Å². The van der Waals surface area contributed by atoms with Gasteiger partial charge in [-0.15, -0.1) is 11.3 Å². The van der Waals surface area contributed by atoms with Crippen molar-refractivity contribution < 1.29 is 17.9 Å². The van der Waals surface area contributed by atoms with Gasteiger partial charge in [-0.05, 0) is 58.7 Å². The molecule has 1 N–H and O–H groups in total. The number of thiophene rings is 1. The summed E-state index contributed by atoms with van der Waals surface area (Å²) in [5, 5.41) is 1.78. The Morgan fingerprint density at radius 2 is 1.75 bits per heavy atom. The number of methoxy groups -OCH3 is 1. The number of benzene rings is 2. The molecule has 0 amide bonds. The van der Waals surface area contributed by atoms with Crippen LogP contribution in [0.4, 0.5) is 0 Å². The lowest BCUT2D eigenvalue weighted by Crippen LogP contribution is -2.40. The second kappa shape index (κ2) is 11.3. The highest BCUT2D eigenvalue weighted by Crippen LogP contribution is 2.45. The molecule has 0 aliphatic heterocycles. The molecule has 0 spiro atoms. The van der Waals surface area contributed by atoms with E-state index in [0.717, 1.165) is 24.8 Å². The Morgan fingerprint density at radius 3 is 2.39 bits per heavy atom. The zero-order valence-electron chi connectivity index (χ0n) is 20.6. The topological polar surface area (TPSA) is 76.2 Å². The number of aromatic amines is 1. The number of carbonyl (C=O) groups is 1. The van der Waals surface area contributed by atoms with Crippen LogP contribution in [0.2, 0.25) is 0 Å². The SMILES string of the molecule is CCCCc1ccc(CC(c2cccc(CC(=O)OC)c2)(c2ccc[nH]2)S(=O)(=O)c2cccs2)cc1. The van der Waals surface area contributed by atoms with Crippen molar-refractivity contribution in [3.8, 4) is 0 Å². The first-order chi connectivity index (χ1) is 17.4. The third kappa shape index (κ3) is 5.18. The lowest BCUT2D eigenvalue weighted by molar-refractivity contribution is -0.139. The van der Waals surface area contributed by atoms with Gasteiger partial charge in [0.05, 0.1) is 13.5 Å². The molecule has 0 radical (unpaired) electrons. The second-order valence-electron chi connectivity index (χ2n) is 8.90. The largest absolute Gasteiger partial charge is 0.469 e. The number of unbranched alkanes of at least 4 members (excludes halogenated alkanes) is 1. The van der Waals surface area contributed by atoms with E-state index in [1.165, 1.54) is 24.0 Å². The zero-order chi connectivity index (χ0) is 25.6. The molecule has 1 atom stereocenters. The predicted molar refractivity (Wildman–Crippen MR) is 144 cm³/mol. The van der Waals surface area contributed by atoms with E-state index in [1.807, 2.05) is 48.5 Å². The number of esters is 1. The maximum absolute atomic E-state index is 14.5. The summed E-state index contributed by atoms with van der Waals surface area (Å²) in [5.41, 5.74) is 4.05. The molecule has 0 aliphatic rings. The average molecular weight is 522 g/mol. The van der Waals surface area contributed by atoms with Gasteiger partial charge in [-0.1, -0.05) is 67.9 Å². The molecule has 7 heteroatoms. The number of aryl methyl sites for hydroxylation is 1. The molecule has 0 saturated heterocycles. The summed E-state index contributed by atoms with van der Waals surface area (Å²) in [6.07, 6.45) is 5.30. The number of aromatic nitrogens is 1. The number of ether oxygens (including phenoxy) is 1. The Hall–Kier alpha value is -3.16. The monoisotopic (exact) mass is 521 g/mol. The van der Waals surface area contributed by atoms with Crippen LogP contribution in [0.3, 0.4) is 0 Å². The number of carbonyl (C=O) groups excluding carboxylic acids is 1. The third-order valence-electron chi connectivity index (χ3n) is 6.52. The Morgan fingerprint density at radius 1 is 0.972 bits per heavy atom. The highest BCUT2D eigenvalue weighted by Gasteiger charge is 2.49. The Balaban J connectivity index is 1.91. The van der Waals surface area contributed by atoms with Crippen LogP contribution in [-0.2, 0) is 43.4 Å². The number of nitrogens with one attached hydrogen (secondary N) is 1. The van der Waals surface area contributed by atoms with Gasteiger partial charge in [-0.25, -0.2) is 8.42 Å². The molecule has 2 aromatic heterocycles. The maximum atomic E-state index is 14.5. The van der Waals surface area contributed by atoms with Crippen LogP contribution in [0.15, 0.2) is 88.6 Å². The van der Waals surface area contributed by atoms with Gasteiger partial charge >= 0.3 is 5.97 Å². The molecule has 0 bridgehead atoms. The lowest BCUT2D eigenvalue weighted by atomic mass is 9.86. The van der Waals surface area contributed by atoms with Gasteiger partial charge < -0.3 is 9.72 Å². The van der Waals surface area contributed by atoms with Crippen LogP contribution in [0.5, 0.6) is 0 Å². The van der Waals surface area contributed by atoms with Crippen LogP contribution in [-0.4, -0.2) is 26.5 Å². The summed E-state index contributed by atoms with van der Waals surface area (Å²) in [5.74, 6) is -0.374. The van der Waals surface area contributed by atoms with Crippen molar-refractivity contribution in [3.63, 3.8) is 0 Å². The lowest BCUT2D eigenvalue weighted by Gasteiger charge is -2.33. The second-order valence-corrected chi connectivity index (χ2v) is 12.2. The molecule has 36 heavy (non-hydrogen) atoms. The molecule has 0 aliphatic carbocycles. The quantitative estimate of drug-likeness (QED) is 0.242. The molecule has 1 unspecified atom stereocenters. The van der Waals surface area contributed by atoms with E-state index in [1.54, 1.807) is 23.7 Å². The molecule has 188 valence electrons. The van der Waals surface area contributed by atoms with Crippen molar-refractivity contribution in [1.29, 1.82) is 0 Å². The number of hydrogen-bond acceptors (Lipinski definition) is 5. The van der Waals surface area contributed by atoms with Gasteiger partial charge in [-0.2, -0.15) is 0 Å². The fourth-order valence-electron chi connectivity index (χ4n) is 4.58. The van der Waals surface area contributed by atoms with Gasteiger partial charge in [0.1, 0.15) is 8.96 Å². The molecule has 4 aromatic rings. The molecule has 2 heterocycles. The summed E-state index contributed by atoms with van der Waals surface area (Å²) in [7, 11) is -2.55. The standard InChI is InChI=1S/C29H31NO4S2/c1-3-4-8-22-13-15-23(16-14-22)21-29(26-11-6-17-30-26,36(32,33)28-12-7-18-35-28)25-10-5-9-24(19-25)20-27(31)34-2/h5-7,9-19,30H,3-4,8,20-21H2,1-2H3. The summed E-state index contributed by atoms with van der Waals surface area (Å²) < 4.78 is 32.8. The number of rotatable bonds is 11. The minimum Gasteiger partial charge on any atom is -0.469 e. The minimum absolute atomic E-state index is 0.0658. The molecule has 2 aromatic carbocycles. The van der Waals surface area contributed by atoms with Gasteiger partial charge in [0, 0.05) is 18.3 Å². The van der Waals surface area contributed by atoms with E-state index in [2.05, 4.69) is 24.0 Å². The van der Waals surface area contributed by atoms with Crippen molar-refractivity contribution in [1.82, 2.24) is 4.98 Å². The van der Waals surface area contributed by atoms with Gasteiger partial charge in [0.15, 0.2) is 0 Å².